The van der Waals surface area contributed by atoms with E-state index in [-0.39, 0.29) is 11.3 Å². The fourth-order valence-electron chi connectivity index (χ4n) is 1.72. The lowest BCUT2D eigenvalue weighted by Gasteiger charge is -2.05. The van der Waals surface area contributed by atoms with Gasteiger partial charge in [-0.05, 0) is 19.1 Å². The van der Waals surface area contributed by atoms with Crippen molar-refractivity contribution in [1.29, 1.82) is 5.26 Å². The maximum absolute atomic E-state index is 10.8. The quantitative estimate of drug-likeness (QED) is 0.674. The molecule has 0 saturated carbocycles. The molecule has 0 aliphatic rings. The number of rotatable bonds is 5. The number of nitrogens with one attached hydrogen (secondary N) is 1. The molecule has 1 aromatic heterocycles. The SMILES string of the molecule is Cc1csc(CCNc2ccc(C#N)c([N+](=O)[O-])c2)n1. The fraction of sp³-hybridized carbons (Fsp3) is 0.231. The maximum Gasteiger partial charge on any atom is 0.289 e. The number of benzene rings is 1. The molecule has 0 radical (unpaired) electrons. The minimum Gasteiger partial charge on any atom is -0.384 e. The monoisotopic (exact) mass is 288 g/mol. The van der Waals surface area contributed by atoms with Crippen molar-refractivity contribution in [2.45, 2.75) is 13.3 Å². The number of thiazole rings is 1. The maximum atomic E-state index is 10.8. The number of nitro groups is 1. The van der Waals surface area contributed by atoms with Gasteiger partial charge in [-0.15, -0.1) is 11.3 Å². The molecule has 0 aliphatic heterocycles. The largest absolute Gasteiger partial charge is 0.384 e. The van der Waals surface area contributed by atoms with Crippen LogP contribution in [0.3, 0.4) is 0 Å². The van der Waals surface area contributed by atoms with E-state index < -0.39 is 4.92 Å². The molecule has 0 unspecified atom stereocenters. The Morgan fingerprint density at radius 1 is 1.55 bits per heavy atom. The lowest BCUT2D eigenvalue weighted by Crippen LogP contribution is -2.05. The lowest BCUT2D eigenvalue weighted by atomic mass is 10.2. The zero-order valence-electron chi connectivity index (χ0n) is 10.8. The average molecular weight is 288 g/mol. The highest BCUT2D eigenvalue weighted by molar-refractivity contribution is 7.09. The Balaban J connectivity index is 2.01. The predicted molar refractivity (Wildman–Crippen MR) is 76.9 cm³/mol. The molecule has 2 rings (SSSR count). The summed E-state index contributed by atoms with van der Waals surface area (Å²) >= 11 is 1.60. The van der Waals surface area contributed by atoms with E-state index in [0.29, 0.717) is 12.2 Å². The third-order valence-corrected chi connectivity index (χ3v) is 3.68. The van der Waals surface area contributed by atoms with Crippen molar-refractivity contribution >= 4 is 22.7 Å². The number of nitriles is 1. The van der Waals surface area contributed by atoms with Crippen molar-refractivity contribution in [3.05, 3.63) is 50.0 Å². The van der Waals surface area contributed by atoms with E-state index in [0.717, 1.165) is 17.1 Å². The topological polar surface area (TPSA) is 91.8 Å². The van der Waals surface area contributed by atoms with E-state index in [1.807, 2.05) is 18.4 Å². The molecular formula is C13H12N4O2S. The van der Waals surface area contributed by atoms with Gasteiger partial charge in [-0.3, -0.25) is 10.1 Å². The molecule has 1 N–H and O–H groups in total. The smallest absolute Gasteiger partial charge is 0.289 e. The van der Waals surface area contributed by atoms with Crippen LogP contribution in [-0.4, -0.2) is 16.5 Å². The molecule has 0 amide bonds. The van der Waals surface area contributed by atoms with Crippen molar-refractivity contribution in [2.24, 2.45) is 0 Å². The first kappa shape index (κ1) is 14.0. The van der Waals surface area contributed by atoms with Crippen LogP contribution >= 0.6 is 11.3 Å². The Labute approximate surface area is 119 Å². The van der Waals surface area contributed by atoms with Crippen molar-refractivity contribution in [3.63, 3.8) is 0 Å². The minimum atomic E-state index is -0.548. The summed E-state index contributed by atoms with van der Waals surface area (Å²) in [6, 6.07) is 6.31. The van der Waals surface area contributed by atoms with E-state index in [4.69, 9.17) is 5.26 Å². The van der Waals surface area contributed by atoms with Gasteiger partial charge in [0, 0.05) is 35.8 Å². The van der Waals surface area contributed by atoms with Gasteiger partial charge in [0.05, 0.1) is 9.93 Å². The molecule has 0 atom stereocenters. The molecule has 6 nitrogen and oxygen atoms in total. The molecule has 0 saturated heterocycles. The Morgan fingerprint density at radius 3 is 2.95 bits per heavy atom. The second-order valence-electron chi connectivity index (χ2n) is 4.16. The summed E-state index contributed by atoms with van der Waals surface area (Å²) in [7, 11) is 0. The second-order valence-corrected chi connectivity index (χ2v) is 5.10. The molecule has 0 spiro atoms. The molecular weight excluding hydrogens is 276 g/mol. The van der Waals surface area contributed by atoms with Crippen molar-refractivity contribution in [1.82, 2.24) is 4.98 Å². The molecule has 2 aromatic rings. The van der Waals surface area contributed by atoms with Gasteiger partial charge in [0.2, 0.25) is 0 Å². The molecule has 0 fully saturated rings. The van der Waals surface area contributed by atoms with Gasteiger partial charge in [-0.2, -0.15) is 5.26 Å². The zero-order chi connectivity index (χ0) is 14.5. The standard InChI is InChI=1S/C13H12N4O2S/c1-9-8-20-13(16-9)4-5-15-11-3-2-10(7-14)12(6-11)17(18)19/h2-3,6,8,15H,4-5H2,1H3. The van der Waals surface area contributed by atoms with Gasteiger partial charge in [-0.1, -0.05) is 0 Å². The van der Waals surface area contributed by atoms with Crippen molar-refractivity contribution < 1.29 is 4.92 Å². The minimum absolute atomic E-state index is 0.0658. The normalized spacial score (nSPS) is 10.0. The average Bonchev–Trinajstić information content (AvgIpc) is 2.84. The summed E-state index contributed by atoms with van der Waals surface area (Å²) in [5.41, 5.74) is 1.52. The van der Waals surface area contributed by atoms with Crippen LogP contribution in [0.2, 0.25) is 0 Å². The van der Waals surface area contributed by atoms with Crippen LogP contribution in [0.15, 0.2) is 23.6 Å². The van der Waals surface area contributed by atoms with E-state index in [1.165, 1.54) is 12.1 Å². The number of nitrogens with zero attached hydrogens (tertiary/aromatic N) is 3. The first-order valence-corrected chi connectivity index (χ1v) is 6.81. The summed E-state index contributed by atoms with van der Waals surface area (Å²) in [5, 5.41) is 25.8. The van der Waals surface area contributed by atoms with Crippen LogP contribution in [0.25, 0.3) is 0 Å². The molecule has 0 aliphatic carbocycles. The Morgan fingerprint density at radius 2 is 2.35 bits per heavy atom. The molecule has 7 heteroatoms. The van der Waals surface area contributed by atoms with Gasteiger partial charge < -0.3 is 5.32 Å². The number of hydrogen-bond acceptors (Lipinski definition) is 6. The highest BCUT2D eigenvalue weighted by Gasteiger charge is 2.13. The highest BCUT2D eigenvalue weighted by atomic mass is 32.1. The summed E-state index contributed by atoms with van der Waals surface area (Å²) in [4.78, 5) is 14.6. The van der Waals surface area contributed by atoms with E-state index in [9.17, 15) is 10.1 Å². The van der Waals surface area contributed by atoms with Crippen LogP contribution in [-0.2, 0) is 6.42 Å². The number of nitro benzene ring substituents is 1. The first-order valence-electron chi connectivity index (χ1n) is 5.93. The highest BCUT2D eigenvalue weighted by Crippen LogP contribution is 2.22. The van der Waals surface area contributed by atoms with Crippen LogP contribution in [0, 0.1) is 28.4 Å². The Hall–Kier alpha value is -2.46. The molecule has 0 bridgehead atoms. The summed E-state index contributed by atoms with van der Waals surface area (Å²) in [6.45, 7) is 2.58. The summed E-state index contributed by atoms with van der Waals surface area (Å²) < 4.78 is 0. The van der Waals surface area contributed by atoms with Crippen LogP contribution in [0.1, 0.15) is 16.3 Å². The number of anilines is 1. The fourth-order valence-corrected chi connectivity index (χ4v) is 2.49. The number of aryl methyl sites for hydroxylation is 1. The van der Waals surface area contributed by atoms with Gasteiger partial charge in [0.15, 0.2) is 0 Å². The molecule has 1 aromatic carbocycles. The summed E-state index contributed by atoms with van der Waals surface area (Å²) in [5.74, 6) is 0. The zero-order valence-corrected chi connectivity index (χ0v) is 11.6. The van der Waals surface area contributed by atoms with Gasteiger partial charge in [0.25, 0.3) is 5.69 Å². The van der Waals surface area contributed by atoms with Crippen molar-refractivity contribution in [3.8, 4) is 6.07 Å². The van der Waals surface area contributed by atoms with E-state index >= 15 is 0 Å². The second kappa shape index (κ2) is 6.12. The third-order valence-electron chi connectivity index (χ3n) is 2.65. The molecule has 20 heavy (non-hydrogen) atoms. The summed E-state index contributed by atoms with van der Waals surface area (Å²) in [6.07, 6.45) is 0.756. The van der Waals surface area contributed by atoms with E-state index in [1.54, 1.807) is 17.4 Å². The Kier molecular flexibility index (Phi) is 4.27. The molecule has 102 valence electrons. The predicted octanol–water partition coefficient (Wildman–Crippen LogP) is 2.89. The number of hydrogen-bond donors (Lipinski definition) is 1. The lowest BCUT2D eigenvalue weighted by molar-refractivity contribution is -0.385. The first-order chi connectivity index (χ1) is 9.60. The van der Waals surface area contributed by atoms with Crippen molar-refractivity contribution in [2.75, 3.05) is 11.9 Å². The van der Waals surface area contributed by atoms with Crippen LogP contribution in [0.5, 0.6) is 0 Å². The van der Waals surface area contributed by atoms with Crippen LogP contribution in [0.4, 0.5) is 11.4 Å². The van der Waals surface area contributed by atoms with E-state index in [2.05, 4.69) is 10.3 Å². The number of aromatic nitrogens is 1. The van der Waals surface area contributed by atoms with Gasteiger partial charge in [-0.25, -0.2) is 4.98 Å². The molecule has 1 heterocycles. The van der Waals surface area contributed by atoms with Crippen LogP contribution < -0.4 is 5.32 Å². The third kappa shape index (κ3) is 3.30. The Bertz CT molecular complexity index is 675. The van der Waals surface area contributed by atoms with Gasteiger partial charge >= 0.3 is 0 Å². The van der Waals surface area contributed by atoms with Gasteiger partial charge in [0.1, 0.15) is 11.6 Å².